The van der Waals surface area contributed by atoms with Crippen molar-refractivity contribution in [1.29, 1.82) is 0 Å². The average molecular weight is 415 g/mol. The van der Waals surface area contributed by atoms with E-state index in [2.05, 4.69) is 10.6 Å². The molecule has 0 radical (unpaired) electrons. The van der Waals surface area contributed by atoms with Crippen molar-refractivity contribution in [3.63, 3.8) is 0 Å². The van der Waals surface area contributed by atoms with Crippen LogP contribution in [0.25, 0.3) is 0 Å². The van der Waals surface area contributed by atoms with Crippen LogP contribution in [-0.2, 0) is 24.3 Å². The van der Waals surface area contributed by atoms with Crippen molar-refractivity contribution in [3.8, 4) is 0 Å². The van der Waals surface area contributed by atoms with Crippen molar-refractivity contribution < 1.29 is 27.1 Å². The van der Waals surface area contributed by atoms with Gasteiger partial charge in [-0.25, -0.2) is 12.8 Å². The molecule has 0 bridgehead atoms. The van der Waals surface area contributed by atoms with Gasteiger partial charge in [-0.3, -0.25) is 9.59 Å². The zero-order valence-corrected chi connectivity index (χ0v) is 17.0. The maximum atomic E-state index is 13.5. The van der Waals surface area contributed by atoms with Crippen LogP contribution in [0.15, 0.2) is 23.1 Å². The molecule has 1 heterocycles. The summed E-state index contributed by atoms with van der Waals surface area (Å²) < 4.78 is 46.0. The fraction of sp³-hybridized carbons (Fsp3) is 0.556. The second-order valence-corrected chi connectivity index (χ2v) is 8.91. The molecule has 10 heteroatoms. The zero-order chi connectivity index (χ0) is 20.9. The van der Waals surface area contributed by atoms with Gasteiger partial charge in [0.25, 0.3) is 0 Å². The van der Waals surface area contributed by atoms with E-state index in [1.54, 1.807) is 0 Å². The average Bonchev–Trinajstić information content (AvgIpc) is 2.66. The number of carbonyl (C=O) groups is 2. The van der Waals surface area contributed by atoms with Gasteiger partial charge in [-0.2, -0.15) is 4.31 Å². The number of nitrogens with zero attached hydrogens (tertiary/aromatic N) is 1. The predicted molar refractivity (Wildman–Crippen MR) is 100 cm³/mol. The van der Waals surface area contributed by atoms with Crippen molar-refractivity contribution in [1.82, 2.24) is 14.9 Å². The van der Waals surface area contributed by atoms with E-state index in [1.807, 2.05) is 13.8 Å². The molecule has 1 aliphatic rings. The standard InChI is InChI=1S/C18H26FN3O5S/c1-12(2)10-20-17(23)18(24)21-11-16-22(7-4-8-27-16)28(25,26)14-5-6-15(19)13(3)9-14/h5-6,9,12,16H,4,7-8,10-11H2,1-3H3,(H,20,23)(H,21,24)/t16-/m0/s1. The molecule has 2 N–H and O–H groups in total. The number of hydrogen-bond acceptors (Lipinski definition) is 5. The Morgan fingerprint density at radius 2 is 1.96 bits per heavy atom. The minimum Gasteiger partial charge on any atom is -0.360 e. The number of rotatable bonds is 6. The summed E-state index contributed by atoms with van der Waals surface area (Å²) in [5.74, 6) is -1.94. The van der Waals surface area contributed by atoms with Gasteiger partial charge in [0.05, 0.1) is 18.0 Å². The second kappa shape index (κ2) is 9.44. The first-order valence-corrected chi connectivity index (χ1v) is 10.5. The Bertz CT molecular complexity index is 829. The summed E-state index contributed by atoms with van der Waals surface area (Å²) in [6.07, 6.45) is -0.468. The van der Waals surface area contributed by atoms with E-state index in [9.17, 15) is 22.4 Å². The van der Waals surface area contributed by atoms with Crippen LogP contribution in [0.5, 0.6) is 0 Å². The fourth-order valence-electron chi connectivity index (χ4n) is 2.65. The lowest BCUT2D eigenvalue weighted by Gasteiger charge is -2.34. The third-order valence-corrected chi connectivity index (χ3v) is 6.09. The van der Waals surface area contributed by atoms with E-state index < -0.39 is 33.9 Å². The number of carbonyl (C=O) groups excluding carboxylic acids is 2. The van der Waals surface area contributed by atoms with Gasteiger partial charge >= 0.3 is 11.8 Å². The van der Waals surface area contributed by atoms with Crippen LogP contribution in [-0.4, -0.2) is 57.0 Å². The van der Waals surface area contributed by atoms with Crippen LogP contribution in [0.1, 0.15) is 25.8 Å². The molecule has 1 atom stereocenters. The molecule has 0 unspecified atom stereocenters. The Morgan fingerprint density at radius 1 is 1.29 bits per heavy atom. The molecule has 0 saturated carbocycles. The van der Waals surface area contributed by atoms with Crippen LogP contribution >= 0.6 is 0 Å². The summed E-state index contributed by atoms with van der Waals surface area (Å²) in [5.41, 5.74) is 0.214. The molecule has 1 fully saturated rings. The van der Waals surface area contributed by atoms with E-state index in [4.69, 9.17) is 4.74 Å². The number of halogens is 1. The molecule has 8 nitrogen and oxygen atoms in total. The molecular weight excluding hydrogens is 389 g/mol. The first kappa shape index (κ1) is 22.3. The molecule has 0 spiro atoms. The SMILES string of the molecule is Cc1cc(S(=O)(=O)N2CCCO[C@H]2CNC(=O)C(=O)NCC(C)C)ccc1F. The van der Waals surface area contributed by atoms with Crippen LogP contribution < -0.4 is 10.6 Å². The highest BCUT2D eigenvalue weighted by molar-refractivity contribution is 7.89. The summed E-state index contributed by atoms with van der Waals surface area (Å²) in [7, 11) is -3.95. The number of nitrogens with one attached hydrogen (secondary N) is 2. The van der Waals surface area contributed by atoms with Crippen LogP contribution in [0.2, 0.25) is 0 Å². The number of sulfonamides is 1. The molecular formula is C18H26FN3O5S. The highest BCUT2D eigenvalue weighted by Gasteiger charge is 2.35. The lowest BCUT2D eigenvalue weighted by atomic mass is 10.2. The zero-order valence-electron chi connectivity index (χ0n) is 16.2. The lowest BCUT2D eigenvalue weighted by Crippen LogP contribution is -2.53. The molecule has 0 aromatic heterocycles. The quantitative estimate of drug-likeness (QED) is 0.668. The van der Waals surface area contributed by atoms with Gasteiger partial charge in [-0.1, -0.05) is 13.8 Å². The number of aryl methyl sites for hydroxylation is 1. The topological polar surface area (TPSA) is 105 Å². The highest BCUT2D eigenvalue weighted by atomic mass is 32.2. The third kappa shape index (κ3) is 5.49. The van der Waals surface area contributed by atoms with E-state index in [1.165, 1.54) is 19.1 Å². The fourth-order valence-corrected chi connectivity index (χ4v) is 4.30. The molecule has 1 aromatic carbocycles. The van der Waals surface area contributed by atoms with E-state index in [0.29, 0.717) is 19.6 Å². The molecule has 1 aliphatic heterocycles. The Morgan fingerprint density at radius 3 is 2.61 bits per heavy atom. The Kier molecular flexibility index (Phi) is 7.50. The Hall–Kier alpha value is -2.04. The summed E-state index contributed by atoms with van der Waals surface area (Å²) in [6, 6.07) is 3.55. The van der Waals surface area contributed by atoms with Gasteiger partial charge in [-0.05, 0) is 43.0 Å². The van der Waals surface area contributed by atoms with Crippen LogP contribution in [0.4, 0.5) is 4.39 Å². The molecule has 2 amide bonds. The second-order valence-electron chi connectivity index (χ2n) is 7.02. The third-order valence-electron chi connectivity index (χ3n) is 4.20. The monoisotopic (exact) mass is 415 g/mol. The summed E-state index contributed by atoms with van der Waals surface area (Å²) in [4.78, 5) is 23.6. The summed E-state index contributed by atoms with van der Waals surface area (Å²) in [6.45, 7) is 5.98. The molecule has 2 rings (SSSR count). The van der Waals surface area contributed by atoms with E-state index in [0.717, 1.165) is 10.4 Å². The first-order valence-electron chi connectivity index (χ1n) is 9.08. The first-order chi connectivity index (χ1) is 13.1. The maximum Gasteiger partial charge on any atom is 0.309 e. The largest absolute Gasteiger partial charge is 0.360 e. The molecule has 1 saturated heterocycles. The summed E-state index contributed by atoms with van der Waals surface area (Å²) >= 11 is 0. The minimum atomic E-state index is -3.95. The van der Waals surface area contributed by atoms with Crippen LogP contribution in [0.3, 0.4) is 0 Å². The number of benzene rings is 1. The smallest absolute Gasteiger partial charge is 0.309 e. The molecule has 28 heavy (non-hydrogen) atoms. The van der Waals surface area contributed by atoms with Crippen molar-refractivity contribution in [2.24, 2.45) is 5.92 Å². The molecule has 0 aliphatic carbocycles. The normalized spacial score (nSPS) is 18.1. The van der Waals surface area contributed by atoms with Crippen molar-refractivity contribution in [2.45, 2.75) is 38.3 Å². The van der Waals surface area contributed by atoms with Crippen molar-refractivity contribution >= 4 is 21.8 Å². The van der Waals surface area contributed by atoms with Gasteiger partial charge in [0.15, 0.2) is 0 Å². The van der Waals surface area contributed by atoms with Gasteiger partial charge in [0.2, 0.25) is 10.0 Å². The molecule has 1 aromatic rings. The predicted octanol–water partition coefficient (Wildman–Crippen LogP) is 0.760. The lowest BCUT2D eigenvalue weighted by molar-refractivity contribution is -0.140. The van der Waals surface area contributed by atoms with E-state index in [-0.39, 0.29) is 29.5 Å². The van der Waals surface area contributed by atoms with Gasteiger partial charge in [-0.15, -0.1) is 0 Å². The van der Waals surface area contributed by atoms with E-state index >= 15 is 0 Å². The number of amides is 2. The Labute approximate surface area is 164 Å². The number of ether oxygens (including phenoxy) is 1. The van der Waals surface area contributed by atoms with Crippen molar-refractivity contribution in [3.05, 3.63) is 29.6 Å². The maximum absolute atomic E-state index is 13.5. The summed E-state index contributed by atoms with van der Waals surface area (Å²) in [5, 5.41) is 4.90. The Balaban J connectivity index is 2.08. The van der Waals surface area contributed by atoms with Gasteiger partial charge in [0, 0.05) is 13.1 Å². The number of hydrogen-bond donors (Lipinski definition) is 2. The van der Waals surface area contributed by atoms with Gasteiger partial charge in [0.1, 0.15) is 12.0 Å². The highest BCUT2D eigenvalue weighted by Crippen LogP contribution is 2.23. The molecule has 156 valence electrons. The van der Waals surface area contributed by atoms with Crippen molar-refractivity contribution in [2.75, 3.05) is 26.2 Å². The van der Waals surface area contributed by atoms with Crippen LogP contribution in [0, 0.1) is 18.7 Å². The minimum absolute atomic E-state index is 0.0529. The van der Waals surface area contributed by atoms with Gasteiger partial charge < -0.3 is 15.4 Å².